The lowest BCUT2D eigenvalue weighted by atomic mass is 9.92. The van der Waals surface area contributed by atoms with Crippen LogP contribution in [0.3, 0.4) is 0 Å². The van der Waals surface area contributed by atoms with Gasteiger partial charge in [-0.05, 0) is 6.07 Å². The van der Waals surface area contributed by atoms with Crippen LogP contribution in [-0.4, -0.2) is 20.7 Å². The molecule has 0 saturated heterocycles. The van der Waals surface area contributed by atoms with E-state index in [2.05, 4.69) is 36.2 Å². The largest absolute Gasteiger partial charge is 0.297 e. The second-order valence-corrected chi connectivity index (χ2v) is 5.97. The first-order valence-corrected chi connectivity index (χ1v) is 6.51. The van der Waals surface area contributed by atoms with Gasteiger partial charge in [-0.15, -0.1) is 11.3 Å². The summed E-state index contributed by atoms with van der Waals surface area (Å²) >= 11 is 1.39. The maximum absolute atomic E-state index is 12.1. The molecular formula is C12H16N4OS. The summed E-state index contributed by atoms with van der Waals surface area (Å²) in [5, 5.41) is 9.54. The van der Waals surface area contributed by atoms with Crippen molar-refractivity contribution in [3.63, 3.8) is 0 Å². The third kappa shape index (κ3) is 2.59. The molecule has 0 aliphatic carbocycles. The van der Waals surface area contributed by atoms with Gasteiger partial charge in [0.05, 0.1) is 5.69 Å². The first-order chi connectivity index (χ1) is 8.38. The average Bonchev–Trinajstić information content (AvgIpc) is 2.85. The fraction of sp³-hybridized carbons (Fsp3) is 0.417. The van der Waals surface area contributed by atoms with Crippen molar-refractivity contribution in [3.8, 4) is 0 Å². The van der Waals surface area contributed by atoms with E-state index < -0.39 is 0 Å². The van der Waals surface area contributed by atoms with Crippen LogP contribution in [-0.2, 0) is 12.5 Å². The molecule has 0 aliphatic heterocycles. The number of nitrogens with one attached hydrogen (secondary N) is 1. The number of thiazole rings is 1. The first-order valence-electron chi connectivity index (χ1n) is 5.63. The van der Waals surface area contributed by atoms with Crippen LogP contribution in [0.5, 0.6) is 0 Å². The standard InChI is InChI=1S/C12H16N4OS/c1-12(2,3)9-7-8(16(4)15-9)10(17)14-11-13-5-6-18-11/h5-7H,1-4H3,(H,13,14,17). The summed E-state index contributed by atoms with van der Waals surface area (Å²) in [6, 6.07) is 1.82. The van der Waals surface area contributed by atoms with Crippen molar-refractivity contribution in [3.05, 3.63) is 29.0 Å². The Kier molecular flexibility index (Phi) is 3.21. The van der Waals surface area contributed by atoms with E-state index in [9.17, 15) is 4.79 Å². The van der Waals surface area contributed by atoms with E-state index in [1.807, 2.05) is 11.4 Å². The molecule has 18 heavy (non-hydrogen) atoms. The molecule has 5 nitrogen and oxygen atoms in total. The zero-order valence-electron chi connectivity index (χ0n) is 10.9. The van der Waals surface area contributed by atoms with Gasteiger partial charge in [-0.3, -0.25) is 14.8 Å². The highest BCUT2D eigenvalue weighted by Crippen LogP contribution is 2.22. The number of anilines is 1. The minimum Gasteiger partial charge on any atom is -0.297 e. The van der Waals surface area contributed by atoms with Crippen molar-refractivity contribution in [2.45, 2.75) is 26.2 Å². The van der Waals surface area contributed by atoms with Crippen molar-refractivity contribution in [1.82, 2.24) is 14.8 Å². The van der Waals surface area contributed by atoms with Crippen LogP contribution >= 0.6 is 11.3 Å². The maximum Gasteiger partial charge on any atom is 0.275 e. The van der Waals surface area contributed by atoms with Crippen LogP contribution in [0.1, 0.15) is 37.0 Å². The highest BCUT2D eigenvalue weighted by atomic mass is 32.1. The molecule has 2 aromatic rings. The van der Waals surface area contributed by atoms with Gasteiger partial charge < -0.3 is 0 Å². The van der Waals surface area contributed by atoms with E-state index in [-0.39, 0.29) is 11.3 Å². The molecule has 0 aliphatic rings. The smallest absolute Gasteiger partial charge is 0.275 e. The highest BCUT2D eigenvalue weighted by molar-refractivity contribution is 7.13. The molecule has 2 aromatic heterocycles. The Hall–Kier alpha value is -1.69. The van der Waals surface area contributed by atoms with Crippen LogP contribution in [0.15, 0.2) is 17.6 Å². The Balaban J connectivity index is 2.23. The predicted molar refractivity (Wildman–Crippen MR) is 72.0 cm³/mol. The molecule has 6 heteroatoms. The highest BCUT2D eigenvalue weighted by Gasteiger charge is 2.21. The van der Waals surface area contributed by atoms with Gasteiger partial charge >= 0.3 is 0 Å². The molecule has 2 heterocycles. The Labute approximate surface area is 110 Å². The molecule has 0 spiro atoms. The van der Waals surface area contributed by atoms with E-state index in [1.54, 1.807) is 17.9 Å². The van der Waals surface area contributed by atoms with Gasteiger partial charge in [0.25, 0.3) is 5.91 Å². The molecule has 1 amide bonds. The number of rotatable bonds is 2. The summed E-state index contributed by atoms with van der Waals surface area (Å²) in [5.41, 5.74) is 1.36. The van der Waals surface area contributed by atoms with Crippen molar-refractivity contribution in [2.24, 2.45) is 7.05 Å². The Morgan fingerprint density at radius 2 is 2.17 bits per heavy atom. The fourth-order valence-corrected chi connectivity index (χ4v) is 2.02. The second-order valence-electron chi connectivity index (χ2n) is 5.08. The van der Waals surface area contributed by atoms with Crippen LogP contribution in [0, 0.1) is 0 Å². The zero-order chi connectivity index (χ0) is 13.3. The molecule has 0 unspecified atom stereocenters. The number of hydrogen-bond acceptors (Lipinski definition) is 4. The second kappa shape index (κ2) is 4.53. The number of aryl methyl sites for hydroxylation is 1. The predicted octanol–water partition coefficient (Wildman–Crippen LogP) is 2.43. The topological polar surface area (TPSA) is 59.8 Å². The van der Waals surface area contributed by atoms with Crippen molar-refractivity contribution in [2.75, 3.05) is 5.32 Å². The molecule has 0 bridgehead atoms. The van der Waals surface area contributed by atoms with Gasteiger partial charge in [-0.25, -0.2) is 4.98 Å². The maximum atomic E-state index is 12.1. The van der Waals surface area contributed by atoms with Crippen molar-refractivity contribution in [1.29, 1.82) is 0 Å². The molecule has 0 atom stereocenters. The molecule has 96 valence electrons. The number of amides is 1. The lowest BCUT2D eigenvalue weighted by Gasteiger charge is -2.13. The van der Waals surface area contributed by atoms with Crippen molar-refractivity contribution < 1.29 is 4.79 Å². The molecule has 0 fully saturated rings. The fourth-order valence-electron chi connectivity index (χ4n) is 1.49. The molecule has 0 radical (unpaired) electrons. The normalized spacial score (nSPS) is 11.6. The third-order valence-corrected chi connectivity index (χ3v) is 3.22. The summed E-state index contributed by atoms with van der Waals surface area (Å²) in [6.45, 7) is 6.20. The monoisotopic (exact) mass is 264 g/mol. The molecule has 1 N–H and O–H groups in total. The summed E-state index contributed by atoms with van der Waals surface area (Å²) in [5.74, 6) is -0.185. The summed E-state index contributed by atoms with van der Waals surface area (Å²) in [6.07, 6.45) is 1.66. The molecular weight excluding hydrogens is 248 g/mol. The third-order valence-electron chi connectivity index (χ3n) is 2.53. The first kappa shape index (κ1) is 12.8. The summed E-state index contributed by atoms with van der Waals surface area (Å²) < 4.78 is 1.60. The molecule has 2 rings (SSSR count). The minimum atomic E-state index is -0.185. The lowest BCUT2D eigenvalue weighted by molar-refractivity contribution is 0.101. The van der Waals surface area contributed by atoms with Crippen molar-refractivity contribution >= 4 is 22.4 Å². The van der Waals surface area contributed by atoms with E-state index in [0.29, 0.717) is 10.8 Å². The zero-order valence-corrected chi connectivity index (χ0v) is 11.7. The summed E-state index contributed by atoms with van der Waals surface area (Å²) in [7, 11) is 1.77. The SMILES string of the molecule is Cn1nc(C(C)(C)C)cc1C(=O)Nc1nccs1. The van der Waals surface area contributed by atoms with Crippen LogP contribution < -0.4 is 5.32 Å². The number of carbonyl (C=O) groups is 1. The number of aromatic nitrogens is 3. The van der Waals surface area contributed by atoms with Crippen LogP contribution in [0.2, 0.25) is 0 Å². The van der Waals surface area contributed by atoms with Crippen LogP contribution in [0.25, 0.3) is 0 Å². The molecule has 0 aromatic carbocycles. The number of carbonyl (C=O) groups excluding carboxylic acids is 1. The van der Waals surface area contributed by atoms with Crippen LogP contribution in [0.4, 0.5) is 5.13 Å². The van der Waals surface area contributed by atoms with E-state index >= 15 is 0 Å². The quantitative estimate of drug-likeness (QED) is 0.906. The van der Waals surface area contributed by atoms with Gasteiger partial charge in [0.2, 0.25) is 0 Å². The van der Waals surface area contributed by atoms with Gasteiger partial charge in [0.15, 0.2) is 5.13 Å². The minimum absolute atomic E-state index is 0.0720. The number of hydrogen-bond donors (Lipinski definition) is 1. The van der Waals surface area contributed by atoms with Gasteiger partial charge in [0.1, 0.15) is 5.69 Å². The van der Waals surface area contributed by atoms with E-state index in [1.165, 1.54) is 11.3 Å². The Morgan fingerprint density at radius 3 is 2.67 bits per heavy atom. The lowest BCUT2D eigenvalue weighted by Crippen LogP contribution is -2.15. The Bertz CT molecular complexity index is 551. The van der Waals surface area contributed by atoms with E-state index in [4.69, 9.17) is 0 Å². The molecule has 0 saturated carbocycles. The van der Waals surface area contributed by atoms with Gasteiger partial charge in [-0.1, -0.05) is 20.8 Å². The average molecular weight is 264 g/mol. The van der Waals surface area contributed by atoms with Gasteiger partial charge in [0, 0.05) is 24.0 Å². The van der Waals surface area contributed by atoms with E-state index in [0.717, 1.165) is 5.69 Å². The van der Waals surface area contributed by atoms with Gasteiger partial charge in [-0.2, -0.15) is 5.10 Å². The number of nitrogens with zero attached hydrogens (tertiary/aromatic N) is 3. The summed E-state index contributed by atoms with van der Waals surface area (Å²) in [4.78, 5) is 16.1. The Morgan fingerprint density at radius 1 is 1.44 bits per heavy atom.